The molecule has 0 heterocycles. The Morgan fingerprint density at radius 3 is 2.71 bits per heavy atom. The van der Waals surface area contributed by atoms with Gasteiger partial charge < -0.3 is 16.2 Å². The van der Waals surface area contributed by atoms with Crippen molar-refractivity contribution in [1.82, 2.24) is 5.32 Å². The van der Waals surface area contributed by atoms with Crippen LogP contribution in [-0.4, -0.2) is 24.2 Å². The molecule has 94 valence electrons. The van der Waals surface area contributed by atoms with Gasteiger partial charge >= 0.3 is 0 Å². The summed E-state index contributed by atoms with van der Waals surface area (Å²) in [5.74, 6) is -0.201. The van der Waals surface area contributed by atoms with E-state index in [1.807, 2.05) is 26.8 Å². The first kappa shape index (κ1) is 13.5. The minimum Gasteiger partial charge on any atom is -0.398 e. The largest absolute Gasteiger partial charge is 0.398 e. The molecule has 4 N–H and O–H groups in total. The van der Waals surface area contributed by atoms with Crippen molar-refractivity contribution in [3.63, 3.8) is 0 Å². The van der Waals surface area contributed by atoms with Gasteiger partial charge in [-0.3, -0.25) is 4.79 Å². The van der Waals surface area contributed by atoms with Gasteiger partial charge in [0.05, 0.1) is 5.56 Å². The number of hydrogen-bond donors (Lipinski definition) is 3. The molecule has 0 atom stereocenters. The standard InChI is InChI=1S/C13H20N2O2/c1-9-4-5-11(14)10(6-9)12(17)15-7-13(2,3)8-16/h4-6,16H,7-8,14H2,1-3H3,(H,15,17). The molecule has 1 aromatic rings. The van der Waals surface area contributed by atoms with Crippen LogP contribution in [0.5, 0.6) is 0 Å². The highest BCUT2D eigenvalue weighted by Gasteiger charge is 2.18. The number of aliphatic hydroxyl groups is 1. The van der Waals surface area contributed by atoms with Gasteiger partial charge in [-0.15, -0.1) is 0 Å². The van der Waals surface area contributed by atoms with Crippen LogP contribution in [0, 0.1) is 12.3 Å². The van der Waals surface area contributed by atoms with Crippen molar-refractivity contribution in [3.8, 4) is 0 Å². The Kier molecular flexibility index (Phi) is 4.12. The van der Waals surface area contributed by atoms with Gasteiger partial charge in [-0.2, -0.15) is 0 Å². The lowest BCUT2D eigenvalue weighted by Crippen LogP contribution is -2.36. The van der Waals surface area contributed by atoms with E-state index in [1.165, 1.54) is 0 Å². The molecule has 0 aliphatic rings. The van der Waals surface area contributed by atoms with E-state index in [4.69, 9.17) is 10.8 Å². The second kappa shape index (κ2) is 5.19. The molecule has 0 aliphatic heterocycles. The number of benzene rings is 1. The molecule has 0 unspecified atom stereocenters. The first-order valence-corrected chi connectivity index (χ1v) is 5.61. The summed E-state index contributed by atoms with van der Waals surface area (Å²) in [5.41, 5.74) is 7.37. The van der Waals surface area contributed by atoms with Gasteiger partial charge in [0.25, 0.3) is 5.91 Å². The zero-order valence-corrected chi connectivity index (χ0v) is 10.6. The number of nitrogen functional groups attached to an aromatic ring is 1. The first-order chi connectivity index (χ1) is 7.85. The predicted molar refractivity (Wildman–Crippen MR) is 68.8 cm³/mol. The Balaban J connectivity index is 2.74. The lowest BCUT2D eigenvalue weighted by Gasteiger charge is -2.22. The van der Waals surface area contributed by atoms with Crippen molar-refractivity contribution in [3.05, 3.63) is 29.3 Å². The van der Waals surface area contributed by atoms with Crippen LogP contribution < -0.4 is 11.1 Å². The molecule has 0 radical (unpaired) electrons. The maximum absolute atomic E-state index is 11.9. The minimum atomic E-state index is -0.325. The van der Waals surface area contributed by atoms with E-state index in [0.29, 0.717) is 17.8 Å². The molecule has 1 amide bonds. The van der Waals surface area contributed by atoms with Gasteiger partial charge in [0.1, 0.15) is 0 Å². The van der Waals surface area contributed by atoms with Crippen molar-refractivity contribution in [2.75, 3.05) is 18.9 Å². The lowest BCUT2D eigenvalue weighted by molar-refractivity contribution is 0.0912. The maximum atomic E-state index is 11.9. The van der Waals surface area contributed by atoms with Crippen molar-refractivity contribution in [1.29, 1.82) is 0 Å². The third kappa shape index (κ3) is 3.75. The van der Waals surface area contributed by atoms with Crippen molar-refractivity contribution < 1.29 is 9.90 Å². The molecule has 1 rings (SSSR count). The second-order valence-corrected chi connectivity index (χ2v) is 5.10. The molecule has 0 aliphatic carbocycles. The van der Waals surface area contributed by atoms with Crippen LogP contribution >= 0.6 is 0 Å². The van der Waals surface area contributed by atoms with E-state index < -0.39 is 0 Å². The Hall–Kier alpha value is -1.55. The highest BCUT2D eigenvalue weighted by molar-refractivity contribution is 5.99. The number of rotatable bonds is 4. The first-order valence-electron chi connectivity index (χ1n) is 5.61. The topological polar surface area (TPSA) is 75.4 Å². The average molecular weight is 236 g/mol. The van der Waals surface area contributed by atoms with Crippen LogP contribution in [-0.2, 0) is 0 Å². The Morgan fingerprint density at radius 2 is 2.12 bits per heavy atom. The summed E-state index contributed by atoms with van der Waals surface area (Å²) in [6.45, 7) is 6.11. The molecular weight excluding hydrogens is 216 g/mol. The number of anilines is 1. The fraction of sp³-hybridized carbons (Fsp3) is 0.462. The summed E-state index contributed by atoms with van der Waals surface area (Å²) in [6, 6.07) is 5.35. The number of carbonyl (C=O) groups excluding carboxylic acids is 1. The lowest BCUT2D eigenvalue weighted by atomic mass is 9.95. The van der Waals surface area contributed by atoms with Crippen LogP contribution in [0.25, 0.3) is 0 Å². The van der Waals surface area contributed by atoms with Gasteiger partial charge in [-0.1, -0.05) is 25.5 Å². The van der Waals surface area contributed by atoms with Crippen LogP contribution in [0.1, 0.15) is 29.8 Å². The fourth-order valence-electron chi connectivity index (χ4n) is 1.34. The van der Waals surface area contributed by atoms with E-state index in [1.54, 1.807) is 12.1 Å². The molecule has 0 spiro atoms. The smallest absolute Gasteiger partial charge is 0.253 e. The van der Waals surface area contributed by atoms with E-state index in [0.717, 1.165) is 5.56 Å². The number of carbonyl (C=O) groups is 1. The summed E-state index contributed by atoms with van der Waals surface area (Å²) in [5, 5.41) is 11.9. The van der Waals surface area contributed by atoms with Crippen LogP contribution in [0.4, 0.5) is 5.69 Å². The Morgan fingerprint density at radius 1 is 1.47 bits per heavy atom. The average Bonchev–Trinajstić information content (AvgIpc) is 2.29. The van der Waals surface area contributed by atoms with Gasteiger partial charge in [-0.05, 0) is 19.1 Å². The minimum absolute atomic E-state index is 0.0244. The molecular formula is C13H20N2O2. The quantitative estimate of drug-likeness (QED) is 0.690. The molecule has 0 fully saturated rings. The van der Waals surface area contributed by atoms with Crippen molar-refractivity contribution in [2.24, 2.45) is 5.41 Å². The molecule has 4 nitrogen and oxygen atoms in total. The van der Waals surface area contributed by atoms with Crippen LogP contribution in [0.2, 0.25) is 0 Å². The zero-order chi connectivity index (χ0) is 13.1. The summed E-state index contributed by atoms with van der Waals surface area (Å²) in [6.07, 6.45) is 0. The molecule has 0 saturated carbocycles. The fourth-order valence-corrected chi connectivity index (χ4v) is 1.34. The molecule has 0 bridgehead atoms. The SMILES string of the molecule is Cc1ccc(N)c(C(=O)NCC(C)(C)CO)c1. The third-order valence-corrected chi connectivity index (χ3v) is 2.61. The van der Waals surface area contributed by atoms with Gasteiger partial charge in [0, 0.05) is 24.3 Å². The Labute approximate surface area is 102 Å². The van der Waals surface area contributed by atoms with E-state index in [2.05, 4.69) is 5.32 Å². The summed E-state index contributed by atoms with van der Waals surface area (Å²) < 4.78 is 0. The Bertz CT molecular complexity index is 414. The predicted octanol–water partition coefficient (Wildman–Crippen LogP) is 1.33. The van der Waals surface area contributed by atoms with E-state index >= 15 is 0 Å². The van der Waals surface area contributed by atoms with Gasteiger partial charge in [0.15, 0.2) is 0 Å². The number of hydrogen-bond acceptors (Lipinski definition) is 3. The molecule has 17 heavy (non-hydrogen) atoms. The monoisotopic (exact) mass is 236 g/mol. The van der Waals surface area contributed by atoms with E-state index in [9.17, 15) is 4.79 Å². The second-order valence-electron chi connectivity index (χ2n) is 5.10. The molecule has 4 heteroatoms. The number of nitrogens with two attached hydrogens (primary N) is 1. The highest BCUT2D eigenvalue weighted by Crippen LogP contribution is 2.15. The summed E-state index contributed by atoms with van der Waals surface area (Å²) >= 11 is 0. The van der Waals surface area contributed by atoms with Crippen molar-refractivity contribution >= 4 is 11.6 Å². The number of aryl methyl sites for hydroxylation is 1. The molecule has 0 saturated heterocycles. The summed E-state index contributed by atoms with van der Waals surface area (Å²) in [7, 11) is 0. The van der Waals surface area contributed by atoms with Gasteiger partial charge in [0.2, 0.25) is 0 Å². The molecule has 0 aromatic heterocycles. The third-order valence-electron chi connectivity index (χ3n) is 2.61. The number of nitrogens with one attached hydrogen (secondary N) is 1. The normalized spacial score (nSPS) is 11.3. The van der Waals surface area contributed by atoms with Crippen LogP contribution in [0.15, 0.2) is 18.2 Å². The highest BCUT2D eigenvalue weighted by atomic mass is 16.3. The number of aliphatic hydroxyl groups excluding tert-OH is 1. The molecule has 1 aromatic carbocycles. The van der Waals surface area contributed by atoms with Crippen molar-refractivity contribution in [2.45, 2.75) is 20.8 Å². The maximum Gasteiger partial charge on any atom is 0.253 e. The van der Waals surface area contributed by atoms with E-state index in [-0.39, 0.29) is 17.9 Å². The van der Waals surface area contributed by atoms with Crippen LogP contribution in [0.3, 0.4) is 0 Å². The summed E-state index contributed by atoms with van der Waals surface area (Å²) in [4.78, 5) is 11.9. The zero-order valence-electron chi connectivity index (χ0n) is 10.6. The number of amides is 1. The van der Waals surface area contributed by atoms with Gasteiger partial charge in [-0.25, -0.2) is 0 Å².